The van der Waals surface area contributed by atoms with Gasteiger partial charge < -0.3 is 19.1 Å². The second-order valence-corrected chi connectivity index (χ2v) is 8.71. The van der Waals surface area contributed by atoms with Crippen LogP contribution in [0.2, 0.25) is 0 Å². The number of thiophene rings is 1. The van der Waals surface area contributed by atoms with Gasteiger partial charge in [-0.1, -0.05) is 6.07 Å². The highest BCUT2D eigenvalue weighted by Crippen LogP contribution is 2.34. The van der Waals surface area contributed by atoms with Gasteiger partial charge >= 0.3 is 5.97 Å². The maximum absolute atomic E-state index is 13.0. The number of ether oxygens (including phenoxy) is 3. The van der Waals surface area contributed by atoms with Crippen molar-refractivity contribution >= 4 is 46.3 Å². The number of amides is 1. The van der Waals surface area contributed by atoms with E-state index in [1.165, 1.54) is 17.4 Å². The van der Waals surface area contributed by atoms with Crippen LogP contribution in [-0.4, -0.2) is 36.7 Å². The molecule has 160 valence electrons. The number of hydrogen-bond acceptors (Lipinski definition) is 8. The molecule has 0 fully saturated rings. The van der Waals surface area contributed by atoms with Crippen molar-refractivity contribution in [2.24, 2.45) is 0 Å². The van der Waals surface area contributed by atoms with Gasteiger partial charge in [-0.05, 0) is 36.6 Å². The summed E-state index contributed by atoms with van der Waals surface area (Å²) in [6.07, 6.45) is 2.84. The third-order valence-corrected chi connectivity index (χ3v) is 6.05. The van der Waals surface area contributed by atoms with Crippen molar-refractivity contribution in [3.8, 4) is 11.5 Å². The van der Waals surface area contributed by atoms with Gasteiger partial charge in [0.1, 0.15) is 13.2 Å². The predicted molar refractivity (Wildman–Crippen MR) is 120 cm³/mol. The van der Waals surface area contributed by atoms with Crippen molar-refractivity contribution in [2.75, 3.05) is 24.7 Å². The summed E-state index contributed by atoms with van der Waals surface area (Å²) in [6.45, 7) is 2.83. The average Bonchev–Trinajstić information content (AvgIpc) is 3.45. The van der Waals surface area contributed by atoms with Gasteiger partial charge in [-0.2, -0.15) is 0 Å². The first-order valence-electron chi connectivity index (χ1n) is 9.58. The topological polar surface area (TPSA) is 78.0 Å². The van der Waals surface area contributed by atoms with Crippen LogP contribution in [0.1, 0.15) is 15.6 Å². The van der Waals surface area contributed by atoms with Crippen LogP contribution < -0.4 is 14.4 Å². The number of aromatic nitrogens is 1. The fourth-order valence-electron chi connectivity index (χ4n) is 2.95. The largest absolute Gasteiger partial charge is 0.486 e. The van der Waals surface area contributed by atoms with Gasteiger partial charge in [0.05, 0.1) is 17.2 Å². The Morgan fingerprint density at radius 3 is 2.77 bits per heavy atom. The van der Waals surface area contributed by atoms with E-state index in [1.54, 1.807) is 40.5 Å². The molecule has 0 bridgehead atoms. The Hall–Kier alpha value is -3.17. The summed E-state index contributed by atoms with van der Waals surface area (Å²) in [5.41, 5.74) is 1.33. The second-order valence-electron chi connectivity index (χ2n) is 6.62. The lowest BCUT2D eigenvalue weighted by Crippen LogP contribution is -2.34. The average molecular weight is 457 g/mol. The van der Waals surface area contributed by atoms with Gasteiger partial charge in [0.15, 0.2) is 18.1 Å². The lowest BCUT2D eigenvalue weighted by atomic mass is 10.2. The van der Waals surface area contributed by atoms with Gasteiger partial charge in [0.25, 0.3) is 5.91 Å². The number of benzene rings is 1. The van der Waals surface area contributed by atoms with Crippen LogP contribution in [0.4, 0.5) is 5.69 Å². The van der Waals surface area contributed by atoms with Crippen LogP contribution in [0.3, 0.4) is 0 Å². The molecule has 0 N–H and O–H groups in total. The summed E-state index contributed by atoms with van der Waals surface area (Å²) in [7, 11) is 0. The molecule has 0 saturated heterocycles. The smallest absolute Gasteiger partial charge is 0.331 e. The van der Waals surface area contributed by atoms with E-state index in [-0.39, 0.29) is 12.5 Å². The molecule has 4 rings (SSSR count). The van der Waals surface area contributed by atoms with Crippen molar-refractivity contribution in [1.82, 2.24) is 4.98 Å². The van der Waals surface area contributed by atoms with E-state index in [2.05, 4.69) is 4.98 Å². The first-order chi connectivity index (χ1) is 15.1. The van der Waals surface area contributed by atoms with Crippen molar-refractivity contribution in [1.29, 1.82) is 0 Å². The molecule has 2 aromatic heterocycles. The first kappa shape index (κ1) is 21.1. The zero-order valence-electron chi connectivity index (χ0n) is 16.8. The molecule has 3 heterocycles. The second kappa shape index (κ2) is 9.76. The summed E-state index contributed by atoms with van der Waals surface area (Å²) in [6, 6.07) is 9.23. The molecule has 7 nitrogen and oxygen atoms in total. The zero-order chi connectivity index (χ0) is 21.6. The number of fused-ring (bicyclic) bond motifs is 1. The van der Waals surface area contributed by atoms with Gasteiger partial charge in [0, 0.05) is 28.1 Å². The van der Waals surface area contributed by atoms with Crippen molar-refractivity contribution in [3.05, 3.63) is 62.7 Å². The fraction of sp³-hybridized carbons (Fsp3) is 0.227. The quantitative estimate of drug-likeness (QED) is 0.394. The van der Waals surface area contributed by atoms with Crippen LogP contribution in [0.5, 0.6) is 11.5 Å². The molecule has 1 aliphatic heterocycles. The van der Waals surface area contributed by atoms with Gasteiger partial charge in [-0.3, -0.25) is 4.79 Å². The molecular formula is C22H20N2O5S2. The van der Waals surface area contributed by atoms with E-state index in [0.29, 0.717) is 42.6 Å². The Labute approximate surface area is 187 Å². The van der Waals surface area contributed by atoms with E-state index >= 15 is 0 Å². The van der Waals surface area contributed by atoms with E-state index in [1.807, 2.05) is 29.8 Å². The molecule has 1 aliphatic rings. The number of hydrogen-bond donors (Lipinski definition) is 0. The van der Waals surface area contributed by atoms with Gasteiger partial charge in [-0.25, -0.2) is 9.78 Å². The Balaban J connectivity index is 1.45. The summed E-state index contributed by atoms with van der Waals surface area (Å²) in [5, 5.41) is 4.70. The monoisotopic (exact) mass is 456 g/mol. The van der Waals surface area contributed by atoms with Crippen molar-refractivity contribution < 1.29 is 23.8 Å². The van der Waals surface area contributed by atoms with Crippen LogP contribution >= 0.6 is 22.7 Å². The Morgan fingerprint density at radius 2 is 2.03 bits per heavy atom. The number of carbonyl (C=O) groups excluding carboxylic acids is 2. The zero-order valence-corrected chi connectivity index (χ0v) is 18.4. The van der Waals surface area contributed by atoms with Crippen LogP contribution in [0.15, 0.2) is 47.2 Å². The molecule has 0 aliphatic carbocycles. The highest BCUT2D eigenvalue weighted by molar-refractivity contribution is 7.10. The molecular weight excluding hydrogens is 436 g/mol. The van der Waals surface area contributed by atoms with Crippen LogP contribution in [-0.2, 0) is 20.9 Å². The minimum Gasteiger partial charge on any atom is -0.486 e. The number of aryl methyl sites for hydroxylation is 1. The third kappa shape index (κ3) is 5.50. The first-order valence-corrected chi connectivity index (χ1v) is 11.3. The number of nitrogens with zero attached hydrogens (tertiary/aromatic N) is 2. The standard InChI is InChI=1S/C22H20N2O5S2/c1-15-23-16(14-31-15)4-7-22(26)29-13-21(25)24(12-18-3-2-10-30-18)17-5-6-19-20(11-17)28-9-8-27-19/h2-7,10-11,14H,8-9,12-13H2,1H3/b7-4+. The maximum atomic E-state index is 13.0. The number of carbonyl (C=O) groups is 2. The van der Waals surface area contributed by atoms with E-state index in [4.69, 9.17) is 14.2 Å². The van der Waals surface area contributed by atoms with E-state index in [9.17, 15) is 9.59 Å². The number of anilines is 1. The molecule has 31 heavy (non-hydrogen) atoms. The fourth-order valence-corrected chi connectivity index (χ4v) is 4.22. The number of rotatable bonds is 7. The van der Waals surface area contributed by atoms with E-state index < -0.39 is 5.97 Å². The summed E-state index contributed by atoms with van der Waals surface area (Å²) in [5.74, 6) is 0.298. The minimum atomic E-state index is -0.600. The molecule has 9 heteroatoms. The maximum Gasteiger partial charge on any atom is 0.331 e. The molecule has 0 spiro atoms. The lowest BCUT2D eigenvalue weighted by Gasteiger charge is -2.25. The van der Waals surface area contributed by atoms with Crippen LogP contribution in [0, 0.1) is 6.92 Å². The van der Waals surface area contributed by atoms with Gasteiger partial charge in [-0.15, -0.1) is 22.7 Å². The molecule has 0 saturated carbocycles. The SMILES string of the molecule is Cc1nc(/C=C/C(=O)OCC(=O)N(Cc2cccs2)c2ccc3c(c2)OCCO3)cs1. The number of esters is 1. The Bertz CT molecular complexity index is 1090. The Morgan fingerprint density at radius 1 is 1.19 bits per heavy atom. The molecule has 1 amide bonds. The number of thiazole rings is 1. The summed E-state index contributed by atoms with van der Waals surface area (Å²) in [4.78, 5) is 31.9. The molecule has 0 atom stereocenters. The highest BCUT2D eigenvalue weighted by Gasteiger charge is 2.21. The van der Waals surface area contributed by atoms with E-state index in [0.717, 1.165) is 9.88 Å². The highest BCUT2D eigenvalue weighted by atomic mass is 32.1. The molecule has 0 radical (unpaired) electrons. The van der Waals surface area contributed by atoms with Crippen molar-refractivity contribution in [3.63, 3.8) is 0 Å². The summed E-state index contributed by atoms with van der Waals surface area (Å²) < 4.78 is 16.4. The lowest BCUT2D eigenvalue weighted by molar-refractivity contribution is -0.142. The molecule has 3 aromatic rings. The molecule has 0 unspecified atom stereocenters. The van der Waals surface area contributed by atoms with Gasteiger partial charge in [0.2, 0.25) is 0 Å². The van der Waals surface area contributed by atoms with Crippen LogP contribution in [0.25, 0.3) is 6.08 Å². The summed E-state index contributed by atoms with van der Waals surface area (Å²) >= 11 is 3.04. The van der Waals surface area contributed by atoms with Crippen molar-refractivity contribution in [2.45, 2.75) is 13.5 Å². The molecule has 1 aromatic carbocycles. The Kier molecular flexibility index (Phi) is 6.63. The third-order valence-electron chi connectivity index (χ3n) is 4.40. The predicted octanol–water partition coefficient (Wildman–Crippen LogP) is 4.07. The normalized spacial score (nSPS) is 12.7. The minimum absolute atomic E-state index is 0.337.